The lowest BCUT2D eigenvalue weighted by Gasteiger charge is -2.18. The maximum Gasteiger partial charge on any atom is 0.0465 e. The van der Waals surface area contributed by atoms with E-state index >= 15 is 0 Å². The number of hydrogen-bond donors (Lipinski definition) is 1. The Labute approximate surface area is 105 Å². The quantitative estimate of drug-likeness (QED) is 0.838. The zero-order valence-electron chi connectivity index (χ0n) is 9.19. The third-order valence-electron chi connectivity index (χ3n) is 2.39. The van der Waals surface area contributed by atoms with Crippen LogP contribution in [0, 0.1) is 0 Å². The first-order valence-corrected chi connectivity index (χ1v) is 6.54. The average molecular weight is 291 g/mol. The Kier molecular flexibility index (Phi) is 5.65. The molecule has 0 amide bonds. The molecule has 0 aliphatic carbocycles. The van der Waals surface area contributed by atoms with Crippen LogP contribution in [0.3, 0.4) is 0 Å². The fraction of sp³-hybridized carbons (Fsp3) is 0.500. The van der Waals surface area contributed by atoms with E-state index in [1.54, 1.807) is 0 Å². The van der Waals surface area contributed by atoms with Crippen LogP contribution in [0.25, 0.3) is 0 Å². The molecule has 1 unspecified atom stereocenters. The number of nitrogens with one attached hydrogen (secondary N) is 1. The SMILES string of the molecule is CCCNC(CC)c1ccc(Br)cc1Cl. The van der Waals surface area contributed by atoms with Gasteiger partial charge in [0.2, 0.25) is 0 Å². The van der Waals surface area contributed by atoms with E-state index in [-0.39, 0.29) is 0 Å². The van der Waals surface area contributed by atoms with E-state index in [2.05, 4.69) is 41.2 Å². The van der Waals surface area contributed by atoms with Crippen molar-refractivity contribution in [2.75, 3.05) is 6.54 Å². The number of rotatable bonds is 5. The van der Waals surface area contributed by atoms with Crippen molar-refractivity contribution < 1.29 is 0 Å². The van der Waals surface area contributed by atoms with Gasteiger partial charge in [-0.25, -0.2) is 0 Å². The molecule has 0 heterocycles. The monoisotopic (exact) mass is 289 g/mol. The summed E-state index contributed by atoms with van der Waals surface area (Å²) in [6.45, 7) is 5.37. The molecule has 0 saturated carbocycles. The molecule has 0 fully saturated rings. The third kappa shape index (κ3) is 3.78. The van der Waals surface area contributed by atoms with Crippen LogP contribution in [0.15, 0.2) is 22.7 Å². The highest BCUT2D eigenvalue weighted by atomic mass is 79.9. The smallest absolute Gasteiger partial charge is 0.0465 e. The number of hydrogen-bond acceptors (Lipinski definition) is 1. The Morgan fingerprint density at radius 2 is 2.13 bits per heavy atom. The van der Waals surface area contributed by atoms with Crippen molar-refractivity contribution in [1.82, 2.24) is 5.32 Å². The molecular weight excluding hydrogens is 273 g/mol. The van der Waals surface area contributed by atoms with Gasteiger partial charge in [-0.1, -0.05) is 47.4 Å². The zero-order valence-corrected chi connectivity index (χ0v) is 11.5. The van der Waals surface area contributed by atoms with E-state index in [1.165, 1.54) is 5.56 Å². The molecule has 0 spiro atoms. The maximum atomic E-state index is 6.21. The molecule has 1 aromatic rings. The van der Waals surface area contributed by atoms with E-state index in [4.69, 9.17) is 11.6 Å². The van der Waals surface area contributed by atoms with Gasteiger partial charge in [0.15, 0.2) is 0 Å². The van der Waals surface area contributed by atoms with Gasteiger partial charge in [0, 0.05) is 15.5 Å². The van der Waals surface area contributed by atoms with Gasteiger partial charge < -0.3 is 5.32 Å². The molecule has 1 nitrogen and oxygen atoms in total. The predicted molar refractivity (Wildman–Crippen MR) is 70.5 cm³/mol. The second-order valence-electron chi connectivity index (χ2n) is 3.58. The van der Waals surface area contributed by atoms with Gasteiger partial charge in [-0.2, -0.15) is 0 Å². The summed E-state index contributed by atoms with van der Waals surface area (Å²) >= 11 is 9.63. The summed E-state index contributed by atoms with van der Waals surface area (Å²) in [7, 11) is 0. The molecule has 0 bridgehead atoms. The largest absolute Gasteiger partial charge is 0.310 e. The predicted octanol–water partition coefficient (Wildman–Crippen LogP) is 4.55. The van der Waals surface area contributed by atoms with Crippen molar-refractivity contribution in [3.8, 4) is 0 Å². The molecule has 1 aromatic carbocycles. The molecule has 84 valence electrons. The van der Waals surface area contributed by atoms with Crippen LogP contribution in [-0.2, 0) is 0 Å². The van der Waals surface area contributed by atoms with Crippen molar-refractivity contribution in [3.63, 3.8) is 0 Å². The fourth-order valence-corrected chi connectivity index (χ4v) is 2.38. The van der Waals surface area contributed by atoms with E-state index in [9.17, 15) is 0 Å². The summed E-state index contributed by atoms with van der Waals surface area (Å²) < 4.78 is 1.03. The van der Waals surface area contributed by atoms with Crippen LogP contribution < -0.4 is 5.32 Å². The molecular formula is C12H17BrClN. The van der Waals surface area contributed by atoms with Crippen molar-refractivity contribution in [1.29, 1.82) is 0 Å². The molecule has 1 rings (SSSR count). The second-order valence-corrected chi connectivity index (χ2v) is 4.90. The van der Waals surface area contributed by atoms with E-state index in [1.807, 2.05) is 12.1 Å². The topological polar surface area (TPSA) is 12.0 Å². The van der Waals surface area contributed by atoms with Crippen LogP contribution in [-0.4, -0.2) is 6.54 Å². The molecule has 0 aliphatic heterocycles. The first-order chi connectivity index (χ1) is 7.19. The van der Waals surface area contributed by atoms with Crippen LogP contribution in [0.2, 0.25) is 5.02 Å². The Hall–Kier alpha value is -0.0500. The first-order valence-electron chi connectivity index (χ1n) is 5.37. The van der Waals surface area contributed by atoms with Gasteiger partial charge in [-0.05, 0) is 37.1 Å². The lowest BCUT2D eigenvalue weighted by molar-refractivity contribution is 0.518. The molecule has 1 N–H and O–H groups in total. The fourth-order valence-electron chi connectivity index (χ4n) is 1.58. The molecule has 0 radical (unpaired) electrons. The minimum absolute atomic E-state index is 0.366. The molecule has 0 aromatic heterocycles. The normalized spacial score (nSPS) is 12.8. The van der Waals surface area contributed by atoms with Crippen molar-refractivity contribution in [2.24, 2.45) is 0 Å². The van der Waals surface area contributed by atoms with Gasteiger partial charge in [0.05, 0.1) is 0 Å². The molecule has 0 aliphatic rings. The zero-order chi connectivity index (χ0) is 11.3. The Balaban J connectivity index is 2.81. The van der Waals surface area contributed by atoms with Crippen LogP contribution in [0.1, 0.15) is 38.3 Å². The molecule has 0 saturated heterocycles. The Bertz CT molecular complexity index is 314. The highest BCUT2D eigenvalue weighted by Gasteiger charge is 2.11. The number of benzene rings is 1. The van der Waals surface area contributed by atoms with E-state index < -0.39 is 0 Å². The first kappa shape index (κ1) is 13.0. The standard InChI is InChI=1S/C12H17BrClN/c1-3-7-15-12(4-2)10-6-5-9(13)8-11(10)14/h5-6,8,12,15H,3-4,7H2,1-2H3. The maximum absolute atomic E-state index is 6.21. The number of halogens is 2. The van der Waals surface area contributed by atoms with Gasteiger partial charge in [-0.15, -0.1) is 0 Å². The van der Waals surface area contributed by atoms with Crippen LogP contribution >= 0.6 is 27.5 Å². The average Bonchev–Trinajstić information content (AvgIpc) is 2.21. The third-order valence-corrected chi connectivity index (χ3v) is 3.21. The Morgan fingerprint density at radius 1 is 1.40 bits per heavy atom. The molecule has 1 atom stereocenters. The lowest BCUT2D eigenvalue weighted by Crippen LogP contribution is -2.21. The van der Waals surface area contributed by atoms with Gasteiger partial charge >= 0.3 is 0 Å². The lowest BCUT2D eigenvalue weighted by atomic mass is 10.0. The van der Waals surface area contributed by atoms with Crippen LogP contribution in [0.4, 0.5) is 0 Å². The van der Waals surface area contributed by atoms with Gasteiger partial charge in [0.1, 0.15) is 0 Å². The minimum atomic E-state index is 0.366. The van der Waals surface area contributed by atoms with Crippen LogP contribution in [0.5, 0.6) is 0 Å². The summed E-state index contributed by atoms with van der Waals surface area (Å²) in [5.74, 6) is 0. The Morgan fingerprint density at radius 3 is 2.67 bits per heavy atom. The van der Waals surface area contributed by atoms with Gasteiger partial charge in [0.25, 0.3) is 0 Å². The van der Waals surface area contributed by atoms with Gasteiger partial charge in [-0.3, -0.25) is 0 Å². The van der Waals surface area contributed by atoms with Crippen molar-refractivity contribution in [2.45, 2.75) is 32.7 Å². The molecule has 3 heteroatoms. The highest BCUT2D eigenvalue weighted by Crippen LogP contribution is 2.28. The van der Waals surface area contributed by atoms with Crippen molar-refractivity contribution >= 4 is 27.5 Å². The summed E-state index contributed by atoms with van der Waals surface area (Å²) in [5.41, 5.74) is 1.19. The van der Waals surface area contributed by atoms with E-state index in [0.717, 1.165) is 28.9 Å². The minimum Gasteiger partial charge on any atom is -0.310 e. The summed E-state index contributed by atoms with van der Waals surface area (Å²) in [4.78, 5) is 0. The van der Waals surface area contributed by atoms with E-state index in [0.29, 0.717) is 6.04 Å². The molecule has 15 heavy (non-hydrogen) atoms. The highest BCUT2D eigenvalue weighted by molar-refractivity contribution is 9.10. The second kappa shape index (κ2) is 6.51. The summed E-state index contributed by atoms with van der Waals surface area (Å²) in [6, 6.07) is 6.44. The van der Waals surface area contributed by atoms with Crippen molar-refractivity contribution in [3.05, 3.63) is 33.3 Å². The summed E-state index contributed by atoms with van der Waals surface area (Å²) in [6.07, 6.45) is 2.20. The summed E-state index contributed by atoms with van der Waals surface area (Å²) in [5, 5.41) is 4.33.